The van der Waals surface area contributed by atoms with Gasteiger partial charge in [-0.1, -0.05) is 23.7 Å². The molecule has 1 heterocycles. The number of rotatable bonds is 3. The second-order valence-electron chi connectivity index (χ2n) is 4.32. The van der Waals surface area contributed by atoms with Gasteiger partial charge < -0.3 is 5.73 Å². The number of hydrogen-bond donors (Lipinski definition) is 1. The maximum atomic E-state index is 12.8. The van der Waals surface area contributed by atoms with Crippen LogP contribution < -0.4 is 5.73 Å². The smallest absolute Gasteiger partial charge is 0.123 e. The summed E-state index contributed by atoms with van der Waals surface area (Å²) in [5.74, 6) is -0.235. The number of benzene rings is 1. The Morgan fingerprint density at radius 3 is 2.47 bits per heavy atom. The van der Waals surface area contributed by atoms with Crippen LogP contribution in [-0.2, 0) is 12.0 Å². The number of nitrogens with two attached hydrogens (primary N) is 1. The van der Waals surface area contributed by atoms with Crippen molar-refractivity contribution in [3.63, 3.8) is 0 Å². The third-order valence-corrected chi connectivity index (χ3v) is 4.24. The van der Waals surface area contributed by atoms with E-state index in [0.717, 1.165) is 10.4 Å². The Morgan fingerprint density at radius 1 is 1.29 bits per heavy atom. The van der Waals surface area contributed by atoms with Gasteiger partial charge in [0, 0.05) is 4.88 Å². The first-order chi connectivity index (χ1) is 7.99. The van der Waals surface area contributed by atoms with Crippen LogP contribution in [0, 0.1) is 5.82 Å². The normalized spacial score (nSPS) is 14.6. The molecule has 2 aromatic rings. The van der Waals surface area contributed by atoms with Crippen LogP contribution in [0.25, 0.3) is 0 Å². The molecule has 1 nitrogen and oxygen atoms in total. The molecule has 17 heavy (non-hydrogen) atoms. The van der Waals surface area contributed by atoms with Gasteiger partial charge in [-0.05, 0) is 42.5 Å². The highest BCUT2D eigenvalue weighted by Crippen LogP contribution is 2.33. The van der Waals surface area contributed by atoms with Crippen molar-refractivity contribution in [2.24, 2.45) is 5.73 Å². The summed E-state index contributed by atoms with van der Waals surface area (Å²) in [5, 5.41) is 2.62. The first kappa shape index (κ1) is 12.6. The van der Waals surface area contributed by atoms with Crippen molar-refractivity contribution in [3.05, 3.63) is 57.0 Å². The fraction of sp³-hybridized carbons (Fsp3) is 0.231. The van der Waals surface area contributed by atoms with Crippen molar-refractivity contribution >= 4 is 22.9 Å². The molecule has 0 saturated carbocycles. The zero-order valence-corrected chi connectivity index (χ0v) is 11.0. The van der Waals surface area contributed by atoms with E-state index < -0.39 is 5.54 Å². The minimum Gasteiger partial charge on any atom is -0.321 e. The van der Waals surface area contributed by atoms with E-state index in [4.69, 9.17) is 17.3 Å². The van der Waals surface area contributed by atoms with Gasteiger partial charge in [0.2, 0.25) is 0 Å². The first-order valence-corrected chi connectivity index (χ1v) is 6.51. The summed E-state index contributed by atoms with van der Waals surface area (Å²) in [4.78, 5) is 0.962. The molecule has 1 unspecified atom stereocenters. The zero-order chi connectivity index (χ0) is 12.5. The lowest BCUT2D eigenvalue weighted by molar-refractivity contribution is 0.501. The van der Waals surface area contributed by atoms with Crippen LogP contribution in [-0.4, -0.2) is 0 Å². The highest BCUT2D eigenvalue weighted by molar-refractivity contribution is 7.10. The molecule has 90 valence electrons. The maximum absolute atomic E-state index is 12.8. The summed E-state index contributed by atoms with van der Waals surface area (Å²) in [5.41, 5.74) is 6.76. The molecule has 0 aliphatic heterocycles. The van der Waals surface area contributed by atoms with Gasteiger partial charge in [-0.15, -0.1) is 11.3 Å². The van der Waals surface area contributed by atoms with E-state index >= 15 is 0 Å². The standard InChI is InChI=1S/C13H13ClFNS/c1-13(16,12-11(14)6-7-17-12)8-9-2-4-10(15)5-3-9/h2-7H,8,16H2,1H3. The Balaban J connectivity index is 2.23. The van der Waals surface area contributed by atoms with Crippen LogP contribution >= 0.6 is 22.9 Å². The molecule has 2 N–H and O–H groups in total. The van der Waals surface area contributed by atoms with Crippen LogP contribution in [0.4, 0.5) is 4.39 Å². The third kappa shape index (κ3) is 2.86. The largest absolute Gasteiger partial charge is 0.321 e. The molecule has 0 aliphatic rings. The average Bonchev–Trinajstić information content (AvgIpc) is 2.68. The molecule has 1 aromatic carbocycles. The second kappa shape index (κ2) is 4.77. The fourth-order valence-corrected chi connectivity index (χ4v) is 3.16. The number of thiophene rings is 1. The summed E-state index contributed by atoms with van der Waals surface area (Å²) in [6.07, 6.45) is 0.632. The Morgan fingerprint density at radius 2 is 1.94 bits per heavy atom. The van der Waals surface area contributed by atoms with Crippen molar-refractivity contribution in [2.75, 3.05) is 0 Å². The molecule has 2 rings (SSSR count). The first-order valence-electron chi connectivity index (χ1n) is 5.26. The molecular weight excluding hydrogens is 257 g/mol. The van der Waals surface area contributed by atoms with E-state index in [1.165, 1.54) is 12.1 Å². The second-order valence-corrected chi connectivity index (χ2v) is 5.64. The lowest BCUT2D eigenvalue weighted by atomic mass is 9.92. The lowest BCUT2D eigenvalue weighted by Crippen LogP contribution is -2.34. The molecule has 1 aromatic heterocycles. The van der Waals surface area contributed by atoms with Crippen molar-refractivity contribution in [1.29, 1.82) is 0 Å². The molecule has 0 saturated heterocycles. The van der Waals surface area contributed by atoms with E-state index in [9.17, 15) is 4.39 Å². The minimum absolute atomic E-state index is 0.235. The molecule has 1 atom stereocenters. The van der Waals surface area contributed by atoms with Gasteiger partial charge >= 0.3 is 0 Å². The lowest BCUT2D eigenvalue weighted by Gasteiger charge is -2.24. The monoisotopic (exact) mass is 269 g/mol. The predicted octanol–water partition coefficient (Wildman–Crippen LogP) is 3.96. The number of halogens is 2. The maximum Gasteiger partial charge on any atom is 0.123 e. The predicted molar refractivity (Wildman–Crippen MR) is 71.0 cm³/mol. The van der Waals surface area contributed by atoms with Gasteiger partial charge in [0.15, 0.2) is 0 Å². The Labute approximate surface area is 109 Å². The third-order valence-electron chi connectivity index (χ3n) is 2.62. The molecule has 0 bridgehead atoms. The Kier molecular flexibility index (Phi) is 3.52. The van der Waals surface area contributed by atoms with Crippen molar-refractivity contribution in [1.82, 2.24) is 0 Å². The quantitative estimate of drug-likeness (QED) is 0.897. The van der Waals surface area contributed by atoms with Crippen molar-refractivity contribution in [3.8, 4) is 0 Å². The van der Waals surface area contributed by atoms with Crippen LogP contribution in [0.15, 0.2) is 35.7 Å². The van der Waals surface area contributed by atoms with Crippen LogP contribution in [0.3, 0.4) is 0 Å². The molecular formula is C13H13ClFNS. The minimum atomic E-state index is -0.525. The summed E-state index contributed by atoms with van der Waals surface area (Å²) in [6.45, 7) is 1.94. The van der Waals surface area contributed by atoms with Gasteiger partial charge in [0.1, 0.15) is 5.82 Å². The highest BCUT2D eigenvalue weighted by atomic mass is 35.5. The summed E-state index contributed by atoms with van der Waals surface area (Å²) >= 11 is 7.63. The van der Waals surface area contributed by atoms with Gasteiger partial charge in [0.25, 0.3) is 0 Å². The van der Waals surface area contributed by atoms with Crippen molar-refractivity contribution < 1.29 is 4.39 Å². The van der Waals surface area contributed by atoms with Crippen LogP contribution in [0.2, 0.25) is 5.02 Å². The van der Waals surface area contributed by atoms with Crippen LogP contribution in [0.5, 0.6) is 0 Å². The van der Waals surface area contributed by atoms with E-state index in [1.807, 2.05) is 18.4 Å². The van der Waals surface area contributed by atoms with Crippen LogP contribution in [0.1, 0.15) is 17.4 Å². The number of hydrogen-bond acceptors (Lipinski definition) is 2. The van der Waals surface area contributed by atoms with Gasteiger partial charge in [-0.3, -0.25) is 0 Å². The summed E-state index contributed by atoms with van der Waals surface area (Å²) in [6, 6.07) is 8.24. The summed E-state index contributed by atoms with van der Waals surface area (Å²) in [7, 11) is 0. The summed E-state index contributed by atoms with van der Waals surface area (Å²) < 4.78 is 12.8. The molecule has 0 fully saturated rings. The van der Waals surface area contributed by atoms with Crippen molar-refractivity contribution in [2.45, 2.75) is 18.9 Å². The van der Waals surface area contributed by atoms with Gasteiger partial charge in [-0.25, -0.2) is 4.39 Å². The molecule has 0 amide bonds. The highest BCUT2D eigenvalue weighted by Gasteiger charge is 2.25. The van der Waals surface area contributed by atoms with E-state index in [2.05, 4.69) is 0 Å². The zero-order valence-electron chi connectivity index (χ0n) is 9.41. The fourth-order valence-electron chi connectivity index (χ4n) is 1.81. The molecule has 0 spiro atoms. The molecule has 0 radical (unpaired) electrons. The van der Waals surface area contributed by atoms with Gasteiger partial charge in [-0.2, -0.15) is 0 Å². The SMILES string of the molecule is CC(N)(Cc1ccc(F)cc1)c1sccc1Cl. The molecule has 0 aliphatic carbocycles. The Bertz CT molecular complexity index is 504. The topological polar surface area (TPSA) is 26.0 Å². The Hall–Kier alpha value is -0.900. The van der Waals surface area contributed by atoms with E-state index in [-0.39, 0.29) is 5.82 Å². The molecule has 4 heteroatoms. The average molecular weight is 270 g/mol. The van der Waals surface area contributed by atoms with E-state index in [0.29, 0.717) is 11.4 Å². The van der Waals surface area contributed by atoms with E-state index in [1.54, 1.807) is 23.5 Å². The van der Waals surface area contributed by atoms with Gasteiger partial charge in [0.05, 0.1) is 10.6 Å².